The molecule has 0 atom stereocenters. The summed E-state index contributed by atoms with van der Waals surface area (Å²) in [5, 5.41) is 0. The molecule has 0 amide bonds. The lowest BCUT2D eigenvalue weighted by Crippen LogP contribution is -2.27. The zero-order valence-electron chi connectivity index (χ0n) is 7.84. The van der Waals surface area contributed by atoms with Crippen LogP contribution < -0.4 is 0 Å². The molecule has 0 spiro atoms. The van der Waals surface area contributed by atoms with Crippen LogP contribution in [-0.2, 0) is 23.1 Å². The maximum atomic E-state index is 11.5. The van der Waals surface area contributed by atoms with Gasteiger partial charge < -0.3 is 0 Å². The van der Waals surface area contributed by atoms with Gasteiger partial charge in [-0.25, -0.2) is 18.4 Å². The molecule has 0 radical (unpaired) electrons. The Morgan fingerprint density at radius 1 is 1.50 bits per heavy atom. The Bertz CT molecular complexity index is 419. The van der Waals surface area contributed by atoms with Crippen LogP contribution in [0.4, 0.5) is 0 Å². The van der Waals surface area contributed by atoms with Crippen molar-refractivity contribution >= 4 is 10.0 Å². The van der Waals surface area contributed by atoms with Gasteiger partial charge in [-0.3, -0.25) is 0 Å². The standard InChI is InChI=1S/C8H11N3O2S/c1-2-14(12,13)11-4-7-3-9-6-10-8(7)5-11/h3,6H,2,4-5H2,1H3. The monoisotopic (exact) mass is 213 g/mol. The van der Waals surface area contributed by atoms with Gasteiger partial charge in [0.15, 0.2) is 0 Å². The molecule has 6 heteroatoms. The summed E-state index contributed by atoms with van der Waals surface area (Å²) in [6.07, 6.45) is 3.12. The normalized spacial score (nSPS) is 16.9. The second-order valence-electron chi connectivity index (χ2n) is 3.16. The van der Waals surface area contributed by atoms with E-state index in [9.17, 15) is 8.42 Å². The summed E-state index contributed by atoms with van der Waals surface area (Å²) in [5.74, 6) is 0.133. The fourth-order valence-corrected chi connectivity index (χ4v) is 2.47. The maximum Gasteiger partial charge on any atom is 0.214 e. The highest BCUT2D eigenvalue weighted by atomic mass is 32.2. The van der Waals surface area contributed by atoms with E-state index in [2.05, 4.69) is 9.97 Å². The number of sulfonamides is 1. The molecule has 0 saturated heterocycles. The number of hydrogen-bond donors (Lipinski definition) is 0. The van der Waals surface area contributed by atoms with Gasteiger partial charge in [-0.2, -0.15) is 4.31 Å². The van der Waals surface area contributed by atoms with Crippen LogP contribution in [-0.4, -0.2) is 28.4 Å². The van der Waals surface area contributed by atoms with Crippen LogP contribution in [0.25, 0.3) is 0 Å². The molecule has 1 aromatic heterocycles. The van der Waals surface area contributed by atoms with E-state index >= 15 is 0 Å². The highest BCUT2D eigenvalue weighted by Crippen LogP contribution is 2.22. The van der Waals surface area contributed by atoms with Gasteiger partial charge >= 0.3 is 0 Å². The lowest BCUT2D eigenvalue weighted by molar-refractivity contribution is 0.431. The Kier molecular flexibility index (Phi) is 2.24. The molecule has 5 nitrogen and oxygen atoms in total. The van der Waals surface area contributed by atoms with Crippen molar-refractivity contribution in [3.63, 3.8) is 0 Å². The largest absolute Gasteiger partial charge is 0.244 e. The maximum absolute atomic E-state index is 11.5. The summed E-state index contributed by atoms with van der Waals surface area (Å²) in [4.78, 5) is 7.91. The zero-order valence-corrected chi connectivity index (χ0v) is 8.66. The van der Waals surface area contributed by atoms with Crippen LogP contribution >= 0.6 is 0 Å². The summed E-state index contributed by atoms with van der Waals surface area (Å²) in [7, 11) is -3.10. The van der Waals surface area contributed by atoms with Gasteiger partial charge in [0, 0.05) is 18.3 Å². The predicted octanol–water partition coefficient (Wildman–Crippen LogP) is 0.142. The molecule has 2 rings (SSSR count). The number of hydrogen-bond acceptors (Lipinski definition) is 4. The van der Waals surface area contributed by atoms with E-state index in [0.29, 0.717) is 13.1 Å². The molecular formula is C8H11N3O2S. The first-order chi connectivity index (χ1) is 6.63. The minimum Gasteiger partial charge on any atom is -0.244 e. The fraction of sp³-hybridized carbons (Fsp3) is 0.500. The molecule has 0 saturated carbocycles. The van der Waals surface area contributed by atoms with Crippen LogP contribution in [0, 0.1) is 0 Å². The first-order valence-electron chi connectivity index (χ1n) is 4.39. The topological polar surface area (TPSA) is 63.2 Å². The minimum atomic E-state index is -3.10. The summed E-state index contributed by atoms with van der Waals surface area (Å²) < 4.78 is 24.5. The Balaban J connectivity index is 2.28. The van der Waals surface area contributed by atoms with Crippen molar-refractivity contribution in [2.75, 3.05) is 5.75 Å². The van der Waals surface area contributed by atoms with Crippen molar-refractivity contribution in [2.45, 2.75) is 20.0 Å². The molecule has 0 unspecified atom stereocenters. The predicted molar refractivity (Wildman–Crippen MR) is 50.7 cm³/mol. The molecule has 0 aromatic carbocycles. The molecule has 1 aliphatic heterocycles. The molecule has 0 aliphatic carbocycles. The Morgan fingerprint density at radius 3 is 2.93 bits per heavy atom. The number of fused-ring (bicyclic) bond motifs is 1. The highest BCUT2D eigenvalue weighted by molar-refractivity contribution is 7.89. The summed E-state index contributed by atoms with van der Waals surface area (Å²) in [6, 6.07) is 0. The highest BCUT2D eigenvalue weighted by Gasteiger charge is 2.28. The van der Waals surface area contributed by atoms with Crippen molar-refractivity contribution in [1.82, 2.24) is 14.3 Å². The quantitative estimate of drug-likeness (QED) is 0.701. The first kappa shape index (κ1) is 9.54. The van der Waals surface area contributed by atoms with Crippen molar-refractivity contribution in [3.05, 3.63) is 23.8 Å². The molecular weight excluding hydrogens is 202 g/mol. The second kappa shape index (κ2) is 3.29. The number of rotatable bonds is 2. The zero-order chi connectivity index (χ0) is 10.2. The van der Waals surface area contributed by atoms with Gasteiger partial charge in [0.2, 0.25) is 10.0 Å². The summed E-state index contributed by atoms with van der Waals surface area (Å²) in [5.41, 5.74) is 1.72. The van der Waals surface area contributed by atoms with Crippen LogP contribution in [0.2, 0.25) is 0 Å². The fourth-order valence-electron chi connectivity index (χ4n) is 1.45. The average molecular weight is 213 g/mol. The summed E-state index contributed by atoms with van der Waals surface area (Å²) >= 11 is 0. The van der Waals surface area contributed by atoms with Gasteiger partial charge in [0.1, 0.15) is 6.33 Å². The number of aromatic nitrogens is 2. The van der Waals surface area contributed by atoms with E-state index in [1.165, 1.54) is 10.6 Å². The summed E-state index contributed by atoms with van der Waals surface area (Å²) in [6.45, 7) is 2.43. The van der Waals surface area contributed by atoms with Crippen molar-refractivity contribution in [2.24, 2.45) is 0 Å². The van der Waals surface area contributed by atoms with Crippen molar-refractivity contribution < 1.29 is 8.42 Å². The van der Waals surface area contributed by atoms with Gasteiger partial charge in [-0.15, -0.1) is 0 Å². The van der Waals surface area contributed by atoms with E-state index in [1.807, 2.05) is 0 Å². The molecule has 2 heterocycles. The average Bonchev–Trinajstić information content (AvgIpc) is 2.61. The van der Waals surface area contributed by atoms with Crippen LogP contribution in [0.15, 0.2) is 12.5 Å². The van der Waals surface area contributed by atoms with E-state index in [1.54, 1.807) is 13.1 Å². The van der Waals surface area contributed by atoms with Crippen LogP contribution in [0.5, 0.6) is 0 Å². The van der Waals surface area contributed by atoms with Crippen LogP contribution in [0.1, 0.15) is 18.2 Å². The second-order valence-corrected chi connectivity index (χ2v) is 5.42. The van der Waals surface area contributed by atoms with Crippen LogP contribution in [0.3, 0.4) is 0 Å². The molecule has 76 valence electrons. The van der Waals surface area contributed by atoms with E-state index in [-0.39, 0.29) is 5.75 Å². The van der Waals surface area contributed by atoms with Gasteiger partial charge in [0.05, 0.1) is 18.0 Å². The van der Waals surface area contributed by atoms with E-state index in [4.69, 9.17) is 0 Å². The van der Waals surface area contributed by atoms with Gasteiger partial charge in [0.25, 0.3) is 0 Å². The molecule has 14 heavy (non-hydrogen) atoms. The SMILES string of the molecule is CCS(=O)(=O)N1Cc2cncnc2C1. The third-order valence-electron chi connectivity index (χ3n) is 2.31. The van der Waals surface area contributed by atoms with E-state index < -0.39 is 10.0 Å². The number of nitrogens with zero attached hydrogens (tertiary/aromatic N) is 3. The van der Waals surface area contributed by atoms with Crippen molar-refractivity contribution in [3.8, 4) is 0 Å². The van der Waals surface area contributed by atoms with Gasteiger partial charge in [-0.1, -0.05) is 0 Å². The molecule has 0 bridgehead atoms. The smallest absolute Gasteiger partial charge is 0.214 e. The molecule has 0 fully saturated rings. The third kappa shape index (κ3) is 1.51. The molecule has 1 aliphatic rings. The van der Waals surface area contributed by atoms with E-state index in [0.717, 1.165) is 11.3 Å². The molecule has 1 aromatic rings. The van der Waals surface area contributed by atoms with Gasteiger partial charge in [-0.05, 0) is 6.92 Å². The Morgan fingerprint density at radius 2 is 2.29 bits per heavy atom. The lowest BCUT2D eigenvalue weighted by Gasteiger charge is -2.12. The Hall–Kier alpha value is -1.01. The lowest BCUT2D eigenvalue weighted by atomic mass is 10.3. The third-order valence-corrected chi connectivity index (χ3v) is 4.09. The first-order valence-corrected chi connectivity index (χ1v) is 6.00. The minimum absolute atomic E-state index is 0.133. The molecule has 0 N–H and O–H groups in total. The Labute approximate surface area is 82.8 Å². The van der Waals surface area contributed by atoms with Crippen molar-refractivity contribution in [1.29, 1.82) is 0 Å².